The average molecular weight is 529 g/mol. The molecule has 2 aromatic rings. The molecule has 0 saturated heterocycles. The van der Waals surface area contributed by atoms with Crippen LogP contribution in [-0.2, 0) is 19.1 Å². The van der Waals surface area contributed by atoms with Crippen LogP contribution in [0.5, 0.6) is 11.5 Å². The number of hydrogen-bond donors (Lipinski definition) is 0. The molecule has 2 aromatic carbocycles. The molecule has 0 saturated carbocycles. The molecule has 0 aliphatic rings. The number of rotatable bonds is 15. The van der Waals surface area contributed by atoms with E-state index in [0.717, 1.165) is 33.8 Å². The summed E-state index contributed by atoms with van der Waals surface area (Å²) < 4.78 is 22.5. The van der Waals surface area contributed by atoms with Crippen molar-refractivity contribution in [3.63, 3.8) is 0 Å². The molecule has 0 aliphatic heterocycles. The molecule has 0 radical (unpaired) electrons. The molecule has 0 aliphatic carbocycles. The fourth-order valence-corrected chi connectivity index (χ4v) is 3.84. The molecule has 8 nitrogen and oxygen atoms in total. The van der Waals surface area contributed by atoms with Crippen molar-refractivity contribution in [3.8, 4) is 11.5 Å². The summed E-state index contributed by atoms with van der Waals surface area (Å²) in [5, 5.41) is 0. The highest BCUT2D eigenvalue weighted by atomic mass is 16.6. The van der Waals surface area contributed by atoms with E-state index in [-0.39, 0.29) is 50.3 Å². The van der Waals surface area contributed by atoms with E-state index in [1.807, 2.05) is 102 Å². The largest absolute Gasteiger partial charge is 0.491 e. The number of para-hydroxylation sites is 2. The Morgan fingerprint density at radius 2 is 0.974 bits per heavy atom. The summed E-state index contributed by atoms with van der Waals surface area (Å²) in [6, 6.07) is 12.1. The van der Waals surface area contributed by atoms with Crippen molar-refractivity contribution in [2.75, 3.05) is 53.6 Å². The second kappa shape index (κ2) is 15.3. The molecule has 0 fully saturated rings. The summed E-state index contributed by atoms with van der Waals surface area (Å²) in [5.41, 5.74) is 4.33. The first-order chi connectivity index (χ1) is 18.0. The van der Waals surface area contributed by atoms with Crippen LogP contribution in [0.1, 0.15) is 36.1 Å². The fraction of sp³-hybridized carbons (Fsp3) is 0.533. The minimum absolute atomic E-state index is 0.00982. The summed E-state index contributed by atoms with van der Waals surface area (Å²) in [4.78, 5) is 28.2. The summed E-state index contributed by atoms with van der Waals surface area (Å²) in [6.07, 6.45) is 0. The van der Waals surface area contributed by atoms with Crippen LogP contribution in [0, 0.1) is 27.7 Å². The summed E-state index contributed by atoms with van der Waals surface area (Å²) >= 11 is 0. The van der Waals surface area contributed by atoms with Gasteiger partial charge in [-0.3, -0.25) is 19.4 Å². The van der Waals surface area contributed by atoms with Gasteiger partial charge in [0.25, 0.3) is 0 Å². The smallest absolute Gasteiger partial charge is 0.320 e. The van der Waals surface area contributed by atoms with Crippen LogP contribution < -0.4 is 9.47 Å². The fourth-order valence-electron chi connectivity index (χ4n) is 3.84. The number of ether oxygens (including phenoxy) is 4. The van der Waals surface area contributed by atoms with Crippen LogP contribution in [0.2, 0.25) is 0 Å². The number of nitrogens with zero attached hydrogens (tertiary/aromatic N) is 2. The van der Waals surface area contributed by atoms with Gasteiger partial charge in [-0.25, -0.2) is 0 Å². The molecule has 0 aromatic heterocycles. The Morgan fingerprint density at radius 3 is 1.29 bits per heavy atom. The molecule has 0 heterocycles. The minimum atomic E-state index is -0.378. The van der Waals surface area contributed by atoms with Crippen LogP contribution in [0.15, 0.2) is 36.4 Å². The Morgan fingerprint density at radius 1 is 0.658 bits per heavy atom. The summed E-state index contributed by atoms with van der Waals surface area (Å²) in [5.74, 6) is 1.01. The van der Waals surface area contributed by atoms with E-state index >= 15 is 0 Å². The lowest BCUT2D eigenvalue weighted by Crippen LogP contribution is -2.39. The number of esters is 2. The van der Waals surface area contributed by atoms with E-state index in [2.05, 4.69) is 0 Å². The van der Waals surface area contributed by atoms with Gasteiger partial charge in [-0.2, -0.15) is 0 Å². The number of aryl methyl sites for hydroxylation is 4. The highest BCUT2D eigenvalue weighted by Crippen LogP contribution is 2.23. The predicted octanol–water partition coefficient (Wildman–Crippen LogP) is 4.11. The quantitative estimate of drug-likeness (QED) is 0.253. The molecular formula is C30H44N2O6. The normalized spacial score (nSPS) is 12.8. The van der Waals surface area contributed by atoms with Crippen molar-refractivity contribution in [2.24, 2.45) is 0 Å². The number of likely N-dealkylation sites (N-methyl/N-ethyl adjacent to an activating group) is 2. The lowest BCUT2D eigenvalue weighted by atomic mass is 10.1. The van der Waals surface area contributed by atoms with E-state index in [1.165, 1.54) is 0 Å². The second-order valence-electron chi connectivity index (χ2n) is 10.0. The van der Waals surface area contributed by atoms with Crippen molar-refractivity contribution in [1.29, 1.82) is 0 Å². The molecule has 210 valence electrons. The minimum Gasteiger partial charge on any atom is -0.491 e. The van der Waals surface area contributed by atoms with Gasteiger partial charge in [0.15, 0.2) is 0 Å². The van der Waals surface area contributed by atoms with Crippen LogP contribution >= 0.6 is 0 Å². The number of carbonyl (C=O) groups is 2. The third-order valence-electron chi connectivity index (χ3n) is 6.63. The van der Waals surface area contributed by atoms with Crippen molar-refractivity contribution in [3.05, 3.63) is 58.7 Å². The summed E-state index contributed by atoms with van der Waals surface area (Å²) in [7, 11) is 3.70. The molecule has 8 heteroatoms. The lowest BCUT2D eigenvalue weighted by molar-refractivity contribution is -0.153. The van der Waals surface area contributed by atoms with Gasteiger partial charge in [0, 0.05) is 12.1 Å². The Bertz CT molecular complexity index is 933. The predicted molar refractivity (Wildman–Crippen MR) is 149 cm³/mol. The Kier molecular flexibility index (Phi) is 12.6. The van der Waals surface area contributed by atoms with E-state index < -0.39 is 0 Å². The maximum atomic E-state index is 12.2. The maximum Gasteiger partial charge on any atom is 0.320 e. The highest BCUT2D eigenvalue weighted by Gasteiger charge is 2.18. The number of carbonyl (C=O) groups excluding carboxylic acids is 2. The van der Waals surface area contributed by atoms with Gasteiger partial charge >= 0.3 is 11.9 Å². The monoisotopic (exact) mass is 528 g/mol. The highest BCUT2D eigenvalue weighted by molar-refractivity contribution is 5.72. The molecule has 2 rings (SSSR count). The first kappa shape index (κ1) is 31.1. The van der Waals surface area contributed by atoms with Crippen LogP contribution in [0.3, 0.4) is 0 Å². The van der Waals surface area contributed by atoms with Crippen molar-refractivity contribution < 1.29 is 28.5 Å². The van der Waals surface area contributed by atoms with Gasteiger partial charge in [-0.1, -0.05) is 36.4 Å². The van der Waals surface area contributed by atoms with E-state index in [0.29, 0.717) is 13.2 Å². The molecule has 0 bridgehead atoms. The van der Waals surface area contributed by atoms with Gasteiger partial charge < -0.3 is 18.9 Å². The molecule has 38 heavy (non-hydrogen) atoms. The Labute approximate surface area is 227 Å². The lowest BCUT2D eigenvalue weighted by Gasteiger charge is -2.25. The van der Waals surface area contributed by atoms with E-state index in [1.54, 1.807) is 0 Å². The SMILES string of the molecule is Cc1cccc(C)c1OCC(C)N(C)CC(=O)OCCOC(=O)CN(C)C(C)COc1c(C)cccc1C. The molecular weight excluding hydrogens is 484 g/mol. The van der Waals surface area contributed by atoms with Crippen LogP contribution in [0.25, 0.3) is 0 Å². The molecule has 2 unspecified atom stereocenters. The van der Waals surface area contributed by atoms with E-state index in [9.17, 15) is 9.59 Å². The summed E-state index contributed by atoms with van der Waals surface area (Å²) in [6.45, 7) is 13.2. The van der Waals surface area contributed by atoms with Gasteiger partial charge in [0.05, 0.1) is 13.1 Å². The van der Waals surface area contributed by atoms with Gasteiger partial charge in [-0.05, 0) is 77.9 Å². The van der Waals surface area contributed by atoms with Crippen LogP contribution in [-0.4, -0.2) is 87.4 Å². The third kappa shape index (κ3) is 9.99. The average Bonchev–Trinajstić information content (AvgIpc) is 2.85. The topological polar surface area (TPSA) is 77.5 Å². The van der Waals surface area contributed by atoms with Crippen molar-refractivity contribution in [2.45, 2.75) is 53.6 Å². The Hall–Kier alpha value is -3.10. The zero-order chi connectivity index (χ0) is 28.2. The third-order valence-corrected chi connectivity index (χ3v) is 6.63. The van der Waals surface area contributed by atoms with Crippen molar-refractivity contribution >= 4 is 11.9 Å². The Balaban J connectivity index is 1.62. The van der Waals surface area contributed by atoms with Gasteiger partial charge in [-0.15, -0.1) is 0 Å². The number of benzene rings is 2. The number of hydrogen-bond acceptors (Lipinski definition) is 8. The van der Waals surface area contributed by atoms with Crippen molar-refractivity contribution in [1.82, 2.24) is 9.80 Å². The zero-order valence-electron chi connectivity index (χ0n) is 24.2. The molecule has 0 spiro atoms. The molecule has 2 atom stereocenters. The van der Waals surface area contributed by atoms with Crippen LogP contribution in [0.4, 0.5) is 0 Å². The van der Waals surface area contributed by atoms with E-state index in [4.69, 9.17) is 18.9 Å². The zero-order valence-corrected chi connectivity index (χ0v) is 24.2. The first-order valence-electron chi connectivity index (χ1n) is 13.1. The first-order valence-corrected chi connectivity index (χ1v) is 13.1. The molecule has 0 N–H and O–H groups in total. The van der Waals surface area contributed by atoms with Gasteiger partial charge in [0.2, 0.25) is 0 Å². The maximum absolute atomic E-state index is 12.2. The van der Waals surface area contributed by atoms with Gasteiger partial charge in [0.1, 0.15) is 37.9 Å². The molecule has 0 amide bonds. The standard InChI is InChI=1S/C30H44N2O6/c1-21-11-9-12-22(2)29(21)37-19-25(5)31(7)17-27(33)35-15-16-36-28(34)18-32(8)26(6)20-38-30-23(3)13-10-14-24(30)4/h9-14,25-26H,15-20H2,1-8H3. The second-order valence-corrected chi connectivity index (χ2v) is 10.0.